The SMILES string of the molecule is O=C(CC[C@H]1CCCO1)Nc1c(C(=O)N2CCOCC2)oc2ccccc12. The Hall–Kier alpha value is -2.38. The summed E-state index contributed by atoms with van der Waals surface area (Å²) in [6.45, 7) is 2.82. The fourth-order valence-electron chi connectivity index (χ4n) is 3.60. The summed E-state index contributed by atoms with van der Waals surface area (Å²) in [7, 11) is 0. The molecule has 2 aromatic rings. The van der Waals surface area contributed by atoms with Crippen molar-refractivity contribution in [3.05, 3.63) is 30.0 Å². The number of ether oxygens (including phenoxy) is 2. The zero-order chi connectivity index (χ0) is 18.6. The van der Waals surface area contributed by atoms with Gasteiger partial charge in [-0.2, -0.15) is 0 Å². The molecule has 1 aromatic heterocycles. The van der Waals surface area contributed by atoms with E-state index in [0.29, 0.717) is 50.4 Å². The van der Waals surface area contributed by atoms with Crippen molar-refractivity contribution < 1.29 is 23.5 Å². The Morgan fingerprint density at radius 1 is 1.15 bits per heavy atom. The van der Waals surface area contributed by atoms with Crippen molar-refractivity contribution in [3.8, 4) is 0 Å². The van der Waals surface area contributed by atoms with Crippen molar-refractivity contribution in [1.82, 2.24) is 4.90 Å². The molecule has 0 saturated carbocycles. The summed E-state index contributed by atoms with van der Waals surface area (Å²) in [5.74, 6) is -0.166. The normalized spacial score (nSPS) is 20.1. The molecule has 1 atom stereocenters. The molecule has 0 aliphatic carbocycles. The van der Waals surface area contributed by atoms with Crippen molar-refractivity contribution in [1.29, 1.82) is 0 Å². The third kappa shape index (κ3) is 3.99. The van der Waals surface area contributed by atoms with Crippen LogP contribution in [0.3, 0.4) is 0 Å². The molecule has 0 unspecified atom stereocenters. The fourth-order valence-corrected chi connectivity index (χ4v) is 3.60. The summed E-state index contributed by atoms with van der Waals surface area (Å²) in [4.78, 5) is 27.2. The van der Waals surface area contributed by atoms with E-state index in [1.807, 2.05) is 18.2 Å². The van der Waals surface area contributed by atoms with Crippen molar-refractivity contribution in [2.75, 3.05) is 38.2 Å². The van der Waals surface area contributed by atoms with E-state index < -0.39 is 0 Å². The van der Waals surface area contributed by atoms with Gasteiger partial charge in [0, 0.05) is 31.5 Å². The maximum atomic E-state index is 12.9. The molecule has 2 aliphatic rings. The van der Waals surface area contributed by atoms with Crippen LogP contribution in [0.4, 0.5) is 5.69 Å². The molecule has 7 heteroatoms. The molecule has 0 radical (unpaired) electrons. The highest BCUT2D eigenvalue weighted by atomic mass is 16.5. The quantitative estimate of drug-likeness (QED) is 0.873. The molecule has 4 rings (SSSR count). The molecule has 7 nitrogen and oxygen atoms in total. The van der Waals surface area contributed by atoms with Gasteiger partial charge in [0.2, 0.25) is 11.7 Å². The predicted octanol–water partition coefficient (Wildman–Crippen LogP) is 2.80. The highest BCUT2D eigenvalue weighted by Crippen LogP contribution is 2.32. The number of amides is 2. The first kappa shape index (κ1) is 18.0. The largest absolute Gasteiger partial charge is 0.449 e. The first-order valence-corrected chi connectivity index (χ1v) is 9.52. The first-order valence-electron chi connectivity index (χ1n) is 9.52. The van der Waals surface area contributed by atoms with E-state index in [1.165, 1.54) is 0 Å². The smallest absolute Gasteiger partial charge is 0.291 e. The molecule has 1 aromatic carbocycles. The zero-order valence-electron chi connectivity index (χ0n) is 15.2. The van der Waals surface area contributed by atoms with Gasteiger partial charge in [0.1, 0.15) is 11.3 Å². The van der Waals surface area contributed by atoms with E-state index in [2.05, 4.69) is 5.32 Å². The van der Waals surface area contributed by atoms with E-state index in [-0.39, 0.29) is 23.7 Å². The predicted molar refractivity (Wildman–Crippen MR) is 99.8 cm³/mol. The summed E-state index contributed by atoms with van der Waals surface area (Å²) in [6.07, 6.45) is 3.26. The lowest BCUT2D eigenvalue weighted by atomic mass is 10.1. The number of morpholine rings is 1. The number of benzene rings is 1. The van der Waals surface area contributed by atoms with E-state index in [9.17, 15) is 9.59 Å². The second kappa shape index (κ2) is 8.10. The number of furan rings is 1. The molecule has 3 heterocycles. The molecular formula is C20H24N2O5. The van der Waals surface area contributed by atoms with E-state index in [0.717, 1.165) is 24.8 Å². The lowest BCUT2D eigenvalue weighted by molar-refractivity contribution is -0.116. The van der Waals surface area contributed by atoms with Gasteiger partial charge in [-0.25, -0.2) is 0 Å². The van der Waals surface area contributed by atoms with Crippen LogP contribution in [-0.4, -0.2) is 55.7 Å². The van der Waals surface area contributed by atoms with Crippen LogP contribution in [0.1, 0.15) is 36.2 Å². The van der Waals surface area contributed by atoms with Crippen molar-refractivity contribution in [2.45, 2.75) is 31.8 Å². The molecule has 144 valence electrons. The summed E-state index contributed by atoms with van der Waals surface area (Å²) in [6, 6.07) is 7.36. The lowest BCUT2D eigenvalue weighted by Gasteiger charge is -2.26. The molecule has 27 heavy (non-hydrogen) atoms. The molecule has 2 amide bonds. The number of hydrogen-bond donors (Lipinski definition) is 1. The number of hydrogen-bond acceptors (Lipinski definition) is 5. The average Bonchev–Trinajstić information content (AvgIpc) is 3.35. The molecule has 2 fully saturated rings. The van der Waals surface area contributed by atoms with Crippen LogP contribution >= 0.6 is 0 Å². The number of carbonyl (C=O) groups excluding carboxylic acids is 2. The second-order valence-electron chi connectivity index (χ2n) is 6.93. The minimum Gasteiger partial charge on any atom is -0.449 e. The Morgan fingerprint density at radius 3 is 2.74 bits per heavy atom. The highest BCUT2D eigenvalue weighted by Gasteiger charge is 2.27. The van der Waals surface area contributed by atoms with Crippen molar-refractivity contribution >= 4 is 28.5 Å². The molecule has 1 N–H and O–H groups in total. The van der Waals surface area contributed by atoms with Crippen LogP contribution in [0.2, 0.25) is 0 Å². The molecule has 2 aliphatic heterocycles. The first-order chi connectivity index (χ1) is 13.2. The molecule has 0 bridgehead atoms. The standard InChI is InChI=1S/C20H24N2O5/c23-17(8-7-14-4-3-11-26-14)21-18-15-5-1-2-6-16(15)27-19(18)20(24)22-9-12-25-13-10-22/h1-2,5-6,14H,3-4,7-13H2,(H,21,23)/t14-/m1/s1. The Kier molecular flexibility index (Phi) is 5.40. The monoisotopic (exact) mass is 372 g/mol. The number of fused-ring (bicyclic) bond motifs is 1. The van der Waals surface area contributed by atoms with Gasteiger partial charge in [-0.15, -0.1) is 0 Å². The third-order valence-corrected chi connectivity index (χ3v) is 5.07. The van der Waals surface area contributed by atoms with Crippen LogP contribution in [0.5, 0.6) is 0 Å². The minimum atomic E-state index is -0.219. The van der Waals surface area contributed by atoms with Crippen molar-refractivity contribution in [2.24, 2.45) is 0 Å². The third-order valence-electron chi connectivity index (χ3n) is 5.07. The number of carbonyl (C=O) groups is 2. The Morgan fingerprint density at radius 2 is 1.96 bits per heavy atom. The van der Waals surface area contributed by atoms with E-state index in [4.69, 9.17) is 13.9 Å². The zero-order valence-corrected chi connectivity index (χ0v) is 15.2. The second-order valence-corrected chi connectivity index (χ2v) is 6.93. The lowest BCUT2D eigenvalue weighted by Crippen LogP contribution is -2.40. The van der Waals surface area contributed by atoms with Gasteiger partial charge in [-0.1, -0.05) is 12.1 Å². The summed E-state index contributed by atoms with van der Waals surface area (Å²) in [5.41, 5.74) is 1.04. The fraction of sp³-hybridized carbons (Fsp3) is 0.500. The van der Waals surface area contributed by atoms with Crippen LogP contribution in [-0.2, 0) is 14.3 Å². The van der Waals surface area contributed by atoms with Crippen LogP contribution in [0, 0.1) is 0 Å². The molecule has 2 saturated heterocycles. The number of rotatable bonds is 5. The van der Waals surface area contributed by atoms with Crippen molar-refractivity contribution in [3.63, 3.8) is 0 Å². The summed E-state index contributed by atoms with van der Waals surface area (Å²) in [5, 5.41) is 3.65. The van der Waals surface area contributed by atoms with E-state index in [1.54, 1.807) is 11.0 Å². The van der Waals surface area contributed by atoms with Crippen LogP contribution in [0.25, 0.3) is 11.0 Å². The Bertz CT molecular complexity index is 819. The van der Waals surface area contributed by atoms with Gasteiger partial charge in [0.05, 0.1) is 19.3 Å². The van der Waals surface area contributed by atoms with E-state index >= 15 is 0 Å². The van der Waals surface area contributed by atoms with Gasteiger partial charge in [0.25, 0.3) is 5.91 Å². The number of nitrogens with one attached hydrogen (secondary N) is 1. The maximum absolute atomic E-state index is 12.9. The summed E-state index contributed by atoms with van der Waals surface area (Å²) < 4.78 is 16.7. The maximum Gasteiger partial charge on any atom is 0.291 e. The number of nitrogens with zero attached hydrogens (tertiary/aromatic N) is 1. The Balaban J connectivity index is 1.54. The van der Waals surface area contributed by atoms with Gasteiger partial charge >= 0.3 is 0 Å². The topological polar surface area (TPSA) is 81.0 Å². The molecular weight excluding hydrogens is 348 g/mol. The van der Waals surface area contributed by atoms with Crippen LogP contribution in [0.15, 0.2) is 28.7 Å². The van der Waals surface area contributed by atoms with Gasteiger partial charge in [-0.3, -0.25) is 9.59 Å². The number of para-hydroxylation sites is 1. The molecule has 0 spiro atoms. The van der Waals surface area contributed by atoms with Gasteiger partial charge in [0.15, 0.2) is 0 Å². The van der Waals surface area contributed by atoms with Gasteiger partial charge in [-0.05, 0) is 31.4 Å². The van der Waals surface area contributed by atoms with Crippen LogP contribution < -0.4 is 5.32 Å². The van der Waals surface area contributed by atoms with Gasteiger partial charge < -0.3 is 24.1 Å². The minimum absolute atomic E-state index is 0.131. The number of anilines is 1. The average molecular weight is 372 g/mol. The summed E-state index contributed by atoms with van der Waals surface area (Å²) >= 11 is 0. The Labute approximate surface area is 157 Å². The highest BCUT2D eigenvalue weighted by molar-refractivity contribution is 6.10.